The molecule has 0 bridgehead atoms. The van der Waals surface area contributed by atoms with Crippen molar-refractivity contribution in [3.63, 3.8) is 0 Å². The zero-order valence-corrected chi connectivity index (χ0v) is 11.5. The maximum atomic E-state index is 5.63. The van der Waals surface area contributed by atoms with Gasteiger partial charge in [-0.3, -0.25) is 0 Å². The Bertz CT molecular complexity index is 290. The fourth-order valence-electron chi connectivity index (χ4n) is 1.81. The summed E-state index contributed by atoms with van der Waals surface area (Å²) in [6, 6.07) is 10.5. The normalized spacial score (nSPS) is 10.6. The molecule has 3 heteroatoms. The molecule has 3 nitrogen and oxygen atoms in total. The van der Waals surface area contributed by atoms with Crippen LogP contribution in [0.5, 0.6) is 0 Å². The van der Waals surface area contributed by atoms with Gasteiger partial charge in [0.15, 0.2) is 0 Å². The van der Waals surface area contributed by atoms with Crippen molar-refractivity contribution in [2.45, 2.75) is 26.2 Å². The van der Waals surface area contributed by atoms with E-state index in [0.29, 0.717) is 0 Å². The number of nitrogens with zero attached hydrogens (tertiary/aromatic N) is 1. The fraction of sp³-hybridized carbons (Fsp3) is 0.600. The molecule has 102 valence electrons. The highest BCUT2D eigenvalue weighted by Crippen LogP contribution is 2.13. The van der Waals surface area contributed by atoms with Gasteiger partial charge in [0.05, 0.1) is 6.61 Å². The minimum atomic E-state index is 0.736. The Kier molecular flexibility index (Phi) is 8.26. The third-order valence-electron chi connectivity index (χ3n) is 2.90. The van der Waals surface area contributed by atoms with Gasteiger partial charge in [-0.1, -0.05) is 31.5 Å². The highest BCUT2D eigenvalue weighted by molar-refractivity contribution is 5.45. The van der Waals surface area contributed by atoms with Crippen LogP contribution in [0.4, 0.5) is 5.69 Å². The SMILES string of the molecule is CCCCOCCN(CCCN)c1ccccc1. The molecule has 0 aliphatic rings. The van der Waals surface area contributed by atoms with Gasteiger partial charge >= 0.3 is 0 Å². The first-order chi connectivity index (χ1) is 8.88. The monoisotopic (exact) mass is 250 g/mol. The second kappa shape index (κ2) is 9.92. The Hall–Kier alpha value is -1.06. The molecule has 1 rings (SSSR count). The summed E-state index contributed by atoms with van der Waals surface area (Å²) < 4.78 is 5.63. The van der Waals surface area contributed by atoms with Gasteiger partial charge in [-0.2, -0.15) is 0 Å². The number of unbranched alkanes of at least 4 members (excludes halogenated alkanes) is 1. The average molecular weight is 250 g/mol. The molecule has 0 unspecified atom stereocenters. The van der Waals surface area contributed by atoms with E-state index in [-0.39, 0.29) is 0 Å². The molecule has 18 heavy (non-hydrogen) atoms. The van der Waals surface area contributed by atoms with Gasteiger partial charge in [0.25, 0.3) is 0 Å². The van der Waals surface area contributed by atoms with Crippen LogP contribution in [0.25, 0.3) is 0 Å². The van der Waals surface area contributed by atoms with E-state index in [0.717, 1.165) is 45.7 Å². The highest BCUT2D eigenvalue weighted by atomic mass is 16.5. The summed E-state index contributed by atoms with van der Waals surface area (Å²) in [4.78, 5) is 2.35. The minimum absolute atomic E-state index is 0.736. The molecular weight excluding hydrogens is 224 g/mol. The van der Waals surface area contributed by atoms with Crippen molar-refractivity contribution in [1.29, 1.82) is 0 Å². The van der Waals surface area contributed by atoms with Crippen molar-refractivity contribution >= 4 is 5.69 Å². The van der Waals surface area contributed by atoms with E-state index in [4.69, 9.17) is 10.5 Å². The highest BCUT2D eigenvalue weighted by Gasteiger charge is 2.04. The fourth-order valence-corrected chi connectivity index (χ4v) is 1.81. The van der Waals surface area contributed by atoms with Crippen LogP contribution in [0.2, 0.25) is 0 Å². The second-order valence-corrected chi connectivity index (χ2v) is 4.43. The minimum Gasteiger partial charge on any atom is -0.380 e. The number of hydrogen-bond donors (Lipinski definition) is 1. The number of ether oxygens (including phenoxy) is 1. The zero-order valence-electron chi connectivity index (χ0n) is 11.5. The molecule has 0 aliphatic heterocycles. The molecule has 2 N–H and O–H groups in total. The lowest BCUT2D eigenvalue weighted by Crippen LogP contribution is -2.29. The standard InChI is InChI=1S/C15H26N2O/c1-2-3-13-18-14-12-17(11-7-10-16)15-8-5-4-6-9-15/h4-6,8-9H,2-3,7,10-14,16H2,1H3. The van der Waals surface area contributed by atoms with E-state index < -0.39 is 0 Å². The summed E-state index contributed by atoms with van der Waals surface area (Å²) in [5.41, 5.74) is 6.85. The van der Waals surface area contributed by atoms with E-state index in [9.17, 15) is 0 Å². The van der Waals surface area contributed by atoms with Crippen molar-refractivity contribution in [2.75, 3.05) is 37.7 Å². The molecule has 0 aliphatic carbocycles. The third kappa shape index (κ3) is 6.03. The van der Waals surface area contributed by atoms with Gasteiger partial charge < -0.3 is 15.4 Å². The first-order valence-corrected chi connectivity index (χ1v) is 6.96. The predicted octanol–water partition coefficient (Wildman–Crippen LogP) is 2.66. The Morgan fingerprint density at radius 2 is 1.83 bits per heavy atom. The lowest BCUT2D eigenvalue weighted by atomic mass is 10.2. The summed E-state index contributed by atoms with van der Waals surface area (Å²) in [6.07, 6.45) is 3.35. The van der Waals surface area contributed by atoms with E-state index >= 15 is 0 Å². The van der Waals surface area contributed by atoms with Crippen LogP contribution in [0.3, 0.4) is 0 Å². The molecule has 0 saturated carbocycles. The number of hydrogen-bond acceptors (Lipinski definition) is 3. The maximum Gasteiger partial charge on any atom is 0.0641 e. The molecular formula is C15H26N2O. The third-order valence-corrected chi connectivity index (χ3v) is 2.90. The van der Waals surface area contributed by atoms with Crippen molar-refractivity contribution in [1.82, 2.24) is 0 Å². The number of nitrogens with two attached hydrogens (primary N) is 1. The Balaban J connectivity index is 2.36. The van der Waals surface area contributed by atoms with Gasteiger partial charge in [-0.15, -0.1) is 0 Å². The van der Waals surface area contributed by atoms with Crippen LogP contribution in [0.15, 0.2) is 30.3 Å². The van der Waals surface area contributed by atoms with E-state index in [1.165, 1.54) is 12.1 Å². The molecule has 0 heterocycles. The topological polar surface area (TPSA) is 38.5 Å². The average Bonchev–Trinajstić information content (AvgIpc) is 2.43. The molecule has 0 fully saturated rings. The molecule has 1 aromatic carbocycles. The number of para-hydroxylation sites is 1. The molecule has 0 spiro atoms. The van der Waals surface area contributed by atoms with Crippen LogP contribution in [-0.2, 0) is 4.74 Å². The van der Waals surface area contributed by atoms with E-state index in [2.05, 4.69) is 36.1 Å². The quantitative estimate of drug-likeness (QED) is 0.649. The van der Waals surface area contributed by atoms with Crippen molar-refractivity contribution < 1.29 is 4.74 Å². The molecule has 0 aromatic heterocycles. The molecule has 1 aromatic rings. The second-order valence-electron chi connectivity index (χ2n) is 4.43. The van der Waals surface area contributed by atoms with Crippen molar-refractivity contribution in [3.8, 4) is 0 Å². The van der Waals surface area contributed by atoms with Gasteiger partial charge in [0.1, 0.15) is 0 Å². The summed E-state index contributed by atoms with van der Waals surface area (Å²) >= 11 is 0. The number of benzene rings is 1. The summed E-state index contributed by atoms with van der Waals surface area (Å²) in [5, 5.41) is 0. The van der Waals surface area contributed by atoms with Crippen LogP contribution < -0.4 is 10.6 Å². The smallest absolute Gasteiger partial charge is 0.0641 e. The predicted molar refractivity (Wildman–Crippen MR) is 78.1 cm³/mol. The Morgan fingerprint density at radius 1 is 1.06 bits per heavy atom. The first kappa shape index (κ1) is 15.0. The van der Waals surface area contributed by atoms with Gasteiger partial charge in [-0.25, -0.2) is 0 Å². The molecule has 0 saturated heterocycles. The van der Waals surface area contributed by atoms with Crippen molar-refractivity contribution in [2.24, 2.45) is 5.73 Å². The summed E-state index contributed by atoms with van der Waals surface area (Å²) in [6.45, 7) is 6.52. The van der Waals surface area contributed by atoms with Crippen LogP contribution in [0, 0.1) is 0 Å². The summed E-state index contributed by atoms with van der Waals surface area (Å²) in [7, 11) is 0. The van der Waals surface area contributed by atoms with Crippen LogP contribution in [-0.4, -0.2) is 32.8 Å². The van der Waals surface area contributed by atoms with E-state index in [1.54, 1.807) is 0 Å². The molecule has 0 radical (unpaired) electrons. The molecule has 0 amide bonds. The van der Waals surface area contributed by atoms with E-state index in [1.807, 2.05) is 6.07 Å². The molecule has 0 atom stereocenters. The van der Waals surface area contributed by atoms with Gasteiger partial charge in [-0.05, 0) is 31.5 Å². The maximum absolute atomic E-state index is 5.63. The zero-order chi connectivity index (χ0) is 13.1. The number of rotatable bonds is 10. The lowest BCUT2D eigenvalue weighted by molar-refractivity contribution is 0.137. The van der Waals surface area contributed by atoms with Gasteiger partial charge in [0, 0.05) is 25.4 Å². The van der Waals surface area contributed by atoms with Crippen LogP contribution >= 0.6 is 0 Å². The largest absolute Gasteiger partial charge is 0.380 e. The van der Waals surface area contributed by atoms with Crippen molar-refractivity contribution in [3.05, 3.63) is 30.3 Å². The first-order valence-electron chi connectivity index (χ1n) is 6.96. The Morgan fingerprint density at radius 3 is 2.50 bits per heavy atom. The van der Waals surface area contributed by atoms with Gasteiger partial charge in [0.2, 0.25) is 0 Å². The Labute approximate surface area is 111 Å². The number of anilines is 1. The van der Waals surface area contributed by atoms with Crippen LogP contribution in [0.1, 0.15) is 26.2 Å². The lowest BCUT2D eigenvalue weighted by Gasteiger charge is -2.24. The summed E-state index contributed by atoms with van der Waals surface area (Å²) in [5.74, 6) is 0.